The fourth-order valence-electron chi connectivity index (χ4n) is 5.74. The van der Waals surface area contributed by atoms with Crippen LogP contribution in [-0.4, -0.2) is 63.7 Å². The van der Waals surface area contributed by atoms with Gasteiger partial charge in [0.05, 0.1) is 0 Å². The largest absolute Gasteiger partial charge is 0.339 e. The van der Waals surface area contributed by atoms with Crippen LogP contribution < -0.4 is 0 Å². The number of piperidine rings is 1. The number of likely N-dealkylation sites (tertiary alicyclic amines) is 1. The number of benzene rings is 2. The van der Waals surface area contributed by atoms with E-state index in [0.29, 0.717) is 31.5 Å². The summed E-state index contributed by atoms with van der Waals surface area (Å²) >= 11 is 0. The van der Waals surface area contributed by atoms with Crippen LogP contribution in [-0.2, 0) is 4.79 Å². The third-order valence-electron chi connectivity index (χ3n) is 7.44. The van der Waals surface area contributed by atoms with Gasteiger partial charge in [0.2, 0.25) is 5.96 Å². The Labute approximate surface area is 189 Å². The molecule has 2 unspecified atom stereocenters. The Morgan fingerprint density at radius 3 is 2.38 bits per heavy atom. The summed E-state index contributed by atoms with van der Waals surface area (Å²) in [5, 5.41) is 8.49. The third-order valence-corrected chi connectivity index (χ3v) is 7.44. The highest BCUT2D eigenvalue weighted by Gasteiger charge is 2.61. The fraction of sp³-hybridized carbons (Fsp3) is 0.423. The van der Waals surface area contributed by atoms with E-state index in [1.807, 2.05) is 71.3 Å². The summed E-state index contributed by atoms with van der Waals surface area (Å²) < 4.78 is 0. The number of amides is 2. The molecule has 2 atom stereocenters. The topological polar surface area (TPSA) is 67.7 Å². The standard InChI is InChI=1S/C26H30N4O2/c1-18-16-26(2)24(32)29(25(27)30(18)26)17-19-12-14-28(15-13-19)23(31)22-11-7-6-10-21(22)20-8-4-3-5-9-20/h3-11,18-19,27H,12-17H2,1-2H3. The van der Waals surface area contributed by atoms with Crippen molar-refractivity contribution in [3.63, 3.8) is 0 Å². The van der Waals surface area contributed by atoms with Gasteiger partial charge < -0.3 is 9.80 Å². The van der Waals surface area contributed by atoms with Gasteiger partial charge in [0.25, 0.3) is 11.8 Å². The number of hydrogen-bond donors (Lipinski definition) is 1. The molecule has 5 rings (SSSR count). The van der Waals surface area contributed by atoms with Crippen molar-refractivity contribution < 1.29 is 9.59 Å². The molecule has 166 valence electrons. The van der Waals surface area contributed by atoms with Gasteiger partial charge in [0.15, 0.2) is 0 Å². The summed E-state index contributed by atoms with van der Waals surface area (Å²) in [6.45, 7) is 5.97. The van der Waals surface area contributed by atoms with E-state index in [4.69, 9.17) is 5.41 Å². The molecule has 3 heterocycles. The first-order valence-corrected chi connectivity index (χ1v) is 11.5. The lowest BCUT2D eigenvalue weighted by Gasteiger charge is -2.49. The number of nitrogens with one attached hydrogen (secondary N) is 1. The first-order valence-electron chi connectivity index (χ1n) is 11.5. The molecule has 3 saturated heterocycles. The SMILES string of the molecule is CC1CC2(C)C(=O)N(CC3CCN(C(=O)c4ccccc4-c4ccccc4)CC3)C(=N)N12. The molecule has 0 aromatic heterocycles. The van der Waals surface area contributed by atoms with E-state index in [2.05, 4.69) is 6.92 Å². The highest BCUT2D eigenvalue weighted by molar-refractivity contribution is 6.09. The number of guanidine groups is 1. The Kier molecular flexibility index (Phi) is 5.03. The molecule has 0 spiro atoms. The van der Waals surface area contributed by atoms with Crippen LogP contribution >= 0.6 is 0 Å². The van der Waals surface area contributed by atoms with Crippen molar-refractivity contribution in [2.45, 2.75) is 44.7 Å². The average molecular weight is 431 g/mol. The van der Waals surface area contributed by atoms with Crippen LogP contribution in [0.1, 0.15) is 43.5 Å². The first kappa shape index (κ1) is 20.7. The number of carbonyl (C=O) groups is 2. The summed E-state index contributed by atoms with van der Waals surface area (Å²) in [5.41, 5.74) is 2.22. The van der Waals surface area contributed by atoms with E-state index in [0.717, 1.165) is 36.0 Å². The van der Waals surface area contributed by atoms with Crippen LogP contribution in [0, 0.1) is 11.3 Å². The lowest BCUT2D eigenvalue weighted by Crippen LogP contribution is -2.63. The molecular formula is C26H30N4O2. The van der Waals surface area contributed by atoms with Crippen LogP contribution in [0.3, 0.4) is 0 Å². The Balaban J connectivity index is 1.24. The fourth-order valence-corrected chi connectivity index (χ4v) is 5.74. The summed E-state index contributed by atoms with van der Waals surface area (Å²) in [6, 6.07) is 18.1. The second kappa shape index (κ2) is 7.76. The van der Waals surface area contributed by atoms with Crippen LogP contribution in [0.5, 0.6) is 0 Å². The molecule has 3 aliphatic heterocycles. The van der Waals surface area contributed by atoms with Gasteiger partial charge in [-0.2, -0.15) is 0 Å². The van der Waals surface area contributed by atoms with E-state index >= 15 is 0 Å². The minimum atomic E-state index is -0.520. The molecule has 1 N–H and O–H groups in total. The quantitative estimate of drug-likeness (QED) is 0.802. The zero-order chi connectivity index (χ0) is 22.5. The van der Waals surface area contributed by atoms with Crippen molar-refractivity contribution in [3.8, 4) is 11.1 Å². The van der Waals surface area contributed by atoms with Crippen molar-refractivity contribution >= 4 is 17.8 Å². The molecule has 3 fully saturated rings. The van der Waals surface area contributed by atoms with Crippen LogP contribution in [0.2, 0.25) is 0 Å². The van der Waals surface area contributed by atoms with Gasteiger partial charge in [0, 0.05) is 31.2 Å². The Bertz CT molecular complexity index is 1060. The van der Waals surface area contributed by atoms with E-state index in [-0.39, 0.29) is 17.9 Å². The Hall–Kier alpha value is -3.15. The molecule has 2 amide bonds. The Morgan fingerprint density at radius 1 is 1.06 bits per heavy atom. The summed E-state index contributed by atoms with van der Waals surface area (Å²) in [7, 11) is 0. The molecule has 6 heteroatoms. The van der Waals surface area contributed by atoms with Gasteiger partial charge in [0.1, 0.15) is 5.54 Å². The van der Waals surface area contributed by atoms with Crippen molar-refractivity contribution in [1.82, 2.24) is 14.7 Å². The van der Waals surface area contributed by atoms with Crippen molar-refractivity contribution in [2.24, 2.45) is 5.92 Å². The molecule has 0 aliphatic carbocycles. The van der Waals surface area contributed by atoms with E-state index < -0.39 is 5.54 Å². The van der Waals surface area contributed by atoms with Gasteiger partial charge in [-0.1, -0.05) is 48.5 Å². The lowest BCUT2D eigenvalue weighted by atomic mass is 9.82. The normalized spacial score (nSPS) is 25.7. The van der Waals surface area contributed by atoms with Crippen molar-refractivity contribution in [1.29, 1.82) is 5.41 Å². The van der Waals surface area contributed by atoms with Gasteiger partial charge >= 0.3 is 0 Å². The molecule has 6 nitrogen and oxygen atoms in total. The maximum Gasteiger partial charge on any atom is 0.255 e. The minimum absolute atomic E-state index is 0.0656. The van der Waals surface area contributed by atoms with E-state index in [1.165, 1.54) is 0 Å². The first-order chi connectivity index (χ1) is 15.4. The number of nitrogens with zero attached hydrogens (tertiary/aromatic N) is 3. The smallest absolute Gasteiger partial charge is 0.255 e. The maximum absolute atomic E-state index is 13.3. The molecule has 0 radical (unpaired) electrons. The van der Waals surface area contributed by atoms with Gasteiger partial charge in [-0.05, 0) is 56.2 Å². The number of hydrogen-bond acceptors (Lipinski definition) is 3. The van der Waals surface area contributed by atoms with Gasteiger partial charge in [-0.3, -0.25) is 19.9 Å². The highest BCUT2D eigenvalue weighted by atomic mass is 16.2. The number of carbonyl (C=O) groups excluding carboxylic acids is 2. The monoisotopic (exact) mass is 430 g/mol. The third kappa shape index (κ3) is 3.20. The molecule has 0 bridgehead atoms. The average Bonchev–Trinajstić information content (AvgIpc) is 2.96. The summed E-state index contributed by atoms with van der Waals surface area (Å²) in [6.07, 6.45) is 2.52. The van der Waals surface area contributed by atoms with Crippen molar-refractivity contribution in [2.75, 3.05) is 19.6 Å². The van der Waals surface area contributed by atoms with Crippen LogP contribution in [0.4, 0.5) is 0 Å². The van der Waals surface area contributed by atoms with Crippen LogP contribution in [0.25, 0.3) is 11.1 Å². The Morgan fingerprint density at radius 2 is 1.72 bits per heavy atom. The molecular weight excluding hydrogens is 400 g/mol. The second-order valence-corrected chi connectivity index (χ2v) is 9.58. The van der Waals surface area contributed by atoms with Crippen LogP contribution in [0.15, 0.2) is 54.6 Å². The zero-order valence-corrected chi connectivity index (χ0v) is 18.8. The minimum Gasteiger partial charge on any atom is -0.339 e. The molecule has 2 aromatic rings. The predicted octanol–water partition coefficient (Wildman–Crippen LogP) is 3.84. The zero-order valence-electron chi connectivity index (χ0n) is 18.8. The molecule has 0 saturated carbocycles. The van der Waals surface area contributed by atoms with Gasteiger partial charge in [-0.25, -0.2) is 0 Å². The summed E-state index contributed by atoms with van der Waals surface area (Å²) in [5.74, 6) is 0.797. The lowest BCUT2D eigenvalue weighted by molar-refractivity contribution is -0.139. The maximum atomic E-state index is 13.3. The second-order valence-electron chi connectivity index (χ2n) is 9.58. The highest BCUT2D eigenvalue weighted by Crippen LogP contribution is 2.43. The summed E-state index contributed by atoms with van der Waals surface area (Å²) in [4.78, 5) is 31.8. The number of rotatable bonds is 4. The molecule has 32 heavy (non-hydrogen) atoms. The molecule has 2 aromatic carbocycles. The molecule has 3 aliphatic rings. The predicted molar refractivity (Wildman–Crippen MR) is 124 cm³/mol. The number of fused-ring (bicyclic) bond motifs is 1. The van der Waals surface area contributed by atoms with E-state index in [9.17, 15) is 9.59 Å². The van der Waals surface area contributed by atoms with E-state index in [1.54, 1.807) is 4.90 Å². The van der Waals surface area contributed by atoms with Gasteiger partial charge in [-0.15, -0.1) is 0 Å². The van der Waals surface area contributed by atoms with Crippen molar-refractivity contribution in [3.05, 3.63) is 60.2 Å².